The number of amides is 1. The Hall–Kier alpha value is -2.88. The van der Waals surface area contributed by atoms with E-state index in [4.69, 9.17) is 9.15 Å². The van der Waals surface area contributed by atoms with E-state index >= 15 is 0 Å². The van der Waals surface area contributed by atoms with Crippen molar-refractivity contribution >= 4 is 23.4 Å². The van der Waals surface area contributed by atoms with Crippen molar-refractivity contribution in [2.24, 2.45) is 0 Å². The second kappa shape index (κ2) is 11.7. The fraction of sp³-hybridized carbons (Fsp3) is 0.348. The average Bonchev–Trinajstić information content (AvgIpc) is 3.26. The maximum Gasteiger partial charge on any atom is 0.250 e. The number of phenols is 1. The van der Waals surface area contributed by atoms with Crippen molar-refractivity contribution in [3.63, 3.8) is 0 Å². The molecule has 1 aromatic heterocycles. The zero-order chi connectivity index (χ0) is 22.9. The zero-order valence-electron chi connectivity index (χ0n) is 18.4. The smallest absolute Gasteiger partial charge is 0.250 e. The maximum atomic E-state index is 12.0. The summed E-state index contributed by atoms with van der Waals surface area (Å²) < 4.78 is 11.3. The maximum absolute atomic E-state index is 12.0. The van der Waals surface area contributed by atoms with Gasteiger partial charge in [-0.1, -0.05) is 25.1 Å². The first kappa shape index (κ1) is 23.8. The highest BCUT2D eigenvalue weighted by Crippen LogP contribution is 2.39. The number of nitrogens with zero attached hydrogens (tertiary/aromatic N) is 3. The van der Waals surface area contributed by atoms with E-state index in [9.17, 15) is 9.90 Å². The molecule has 2 aromatic carbocycles. The summed E-state index contributed by atoms with van der Waals surface area (Å²) in [5.41, 5.74) is 2.13. The Morgan fingerprint density at radius 3 is 2.62 bits per heavy atom. The number of aromatic hydroxyl groups is 1. The third kappa shape index (κ3) is 6.56. The molecule has 3 aromatic rings. The Morgan fingerprint density at radius 2 is 1.94 bits per heavy atom. The molecule has 1 atom stereocenters. The molecule has 9 heteroatoms. The van der Waals surface area contributed by atoms with Gasteiger partial charge in [-0.2, -0.15) is 0 Å². The van der Waals surface area contributed by atoms with Crippen LogP contribution >= 0.6 is 11.8 Å². The number of benzene rings is 2. The zero-order valence-corrected chi connectivity index (χ0v) is 19.3. The monoisotopic (exact) mass is 456 g/mol. The molecular weight excluding hydrogens is 428 g/mol. The van der Waals surface area contributed by atoms with Crippen LogP contribution in [-0.2, 0) is 9.53 Å². The second-order valence-corrected chi connectivity index (χ2v) is 8.70. The molecule has 0 radical (unpaired) electrons. The van der Waals surface area contributed by atoms with Crippen molar-refractivity contribution in [3.05, 3.63) is 60.0 Å². The Balaban J connectivity index is 1.64. The van der Waals surface area contributed by atoms with Crippen molar-refractivity contribution < 1.29 is 19.1 Å². The number of para-hydroxylation sites is 1. The van der Waals surface area contributed by atoms with Crippen molar-refractivity contribution in [1.29, 1.82) is 0 Å². The van der Waals surface area contributed by atoms with E-state index in [1.165, 1.54) is 0 Å². The molecule has 8 nitrogen and oxygen atoms in total. The molecule has 0 fully saturated rings. The highest BCUT2D eigenvalue weighted by atomic mass is 32.2. The Labute approximate surface area is 192 Å². The van der Waals surface area contributed by atoms with Gasteiger partial charge in [0.1, 0.15) is 17.6 Å². The van der Waals surface area contributed by atoms with Gasteiger partial charge in [-0.25, -0.2) is 0 Å². The van der Waals surface area contributed by atoms with Gasteiger partial charge in [-0.05, 0) is 50.2 Å². The van der Waals surface area contributed by atoms with Crippen LogP contribution in [0.25, 0.3) is 11.5 Å². The normalized spacial score (nSPS) is 12.1. The lowest BCUT2D eigenvalue weighted by Crippen LogP contribution is -2.23. The summed E-state index contributed by atoms with van der Waals surface area (Å²) in [6, 6.07) is 14.3. The third-order valence-corrected chi connectivity index (χ3v) is 5.67. The molecular formula is C23H28N4O4S. The lowest BCUT2D eigenvalue weighted by molar-refractivity contribution is -0.120. The summed E-state index contributed by atoms with van der Waals surface area (Å²) in [5.74, 6) is 1.62. The molecule has 0 spiro atoms. The first-order valence-corrected chi connectivity index (χ1v) is 11.4. The number of ether oxygens (including phenoxy) is 1. The second-order valence-electron chi connectivity index (χ2n) is 7.32. The number of carbonyl (C=O) groups excluding carboxylic acids is 1. The van der Waals surface area contributed by atoms with Crippen LogP contribution in [-0.4, -0.2) is 65.7 Å². The predicted octanol–water partition coefficient (Wildman–Crippen LogP) is 3.80. The van der Waals surface area contributed by atoms with Crippen LogP contribution < -0.4 is 5.32 Å². The van der Waals surface area contributed by atoms with Crippen molar-refractivity contribution in [2.75, 3.05) is 44.9 Å². The van der Waals surface area contributed by atoms with Gasteiger partial charge in [-0.15, -0.1) is 22.0 Å². The highest BCUT2D eigenvalue weighted by Gasteiger charge is 2.23. The molecule has 32 heavy (non-hydrogen) atoms. The molecule has 1 heterocycles. The van der Waals surface area contributed by atoms with Crippen LogP contribution in [0.4, 0.5) is 5.69 Å². The number of anilines is 1. The quantitative estimate of drug-likeness (QED) is 0.420. The van der Waals surface area contributed by atoms with Gasteiger partial charge in [-0.3, -0.25) is 4.79 Å². The van der Waals surface area contributed by atoms with Crippen LogP contribution in [0.3, 0.4) is 0 Å². The van der Waals surface area contributed by atoms with E-state index < -0.39 is 0 Å². The van der Waals surface area contributed by atoms with Gasteiger partial charge in [0.05, 0.1) is 6.61 Å². The van der Waals surface area contributed by atoms with E-state index in [0.717, 1.165) is 23.4 Å². The number of hydrogen-bond acceptors (Lipinski definition) is 8. The number of nitrogens with one attached hydrogen (secondary N) is 1. The number of likely N-dealkylation sites (N-methyl/N-ethyl adjacent to an activating group) is 1. The minimum Gasteiger partial charge on any atom is -0.508 e. The number of aromatic nitrogens is 2. The summed E-state index contributed by atoms with van der Waals surface area (Å²) in [7, 11) is 3.90. The molecule has 0 aliphatic rings. The van der Waals surface area contributed by atoms with E-state index in [2.05, 4.69) is 15.5 Å². The fourth-order valence-corrected chi connectivity index (χ4v) is 3.88. The van der Waals surface area contributed by atoms with Crippen molar-refractivity contribution in [3.8, 4) is 17.2 Å². The van der Waals surface area contributed by atoms with E-state index in [1.807, 2.05) is 50.2 Å². The Morgan fingerprint density at radius 1 is 1.19 bits per heavy atom. The molecule has 1 amide bonds. The SMILES string of the molecule is CCSC(c1nnc(-c2ccc(NC(=O)COCCN(C)C)cc2)o1)c1ccccc1O. The van der Waals surface area contributed by atoms with Gasteiger partial charge < -0.3 is 24.5 Å². The standard InChI is InChI=1S/C23H28N4O4S/c1-4-32-21(18-7-5-6-8-19(18)28)23-26-25-22(31-23)16-9-11-17(12-10-16)24-20(29)15-30-14-13-27(2)3/h5-12,21,28H,4,13-15H2,1-3H3,(H,24,29). The van der Waals surface area contributed by atoms with Crippen LogP contribution in [0.15, 0.2) is 52.9 Å². The molecule has 0 aliphatic heterocycles. The molecule has 0 saturated heterocycles. The molecule has 1 unspecified atom stereocenters. The fourth-order valence-electron chi connectivity index (χ4n) is 2.93. The van der Waals surface area contributed by atoms with Crippen LogP contribution in [0.2, 0.25) is 0 Å². The first-order valence-electron chi connectivity index (χ1n) is 10.3. The summed E-state index contributed by atoms with van der Waals surface area (Å²) in [6.45, 7) is 3.30. The summed E-state index contributed by atoms with van der Waals surface area (Å²) in [6.07, 6.45) is 0. The molecule has 0 bridgehead atoms. The molecule has 3 rings (SSSR count). The highest BCUT2D eigenvalue weighted by molar-refractivity contribution is 7.99. The summed E-state index contributed by atoms with van der Waals surface area (Å²) in [5, 5.41) is 21.2. The lowest BCUT2D eigenvalue weighted by atomic mass is 10.1. The van der Waals surface area contributed by atoms with Crippen LogP contribution in [0, 0.1) is 0 Å². The van der Waals surface area contributed by atoms with E-state index in [0.29, 0.717) is 24.1 Å². The van der Waals surface area contributed by atoms with Gasteiger partial charge >= 0.3 is 0 Å². The van der Waals surface area contributed by atoms with Crippen molar-refractivity contribution in [1.82, 2.24) is 15.1 Å². The van der Waals surface area contributed by atoms with Crippen molar-refractivity contribution in [2.45, 2.75) is 12.2 Å². The molecule has 170 valence electrons. The number of thioether (sulfide) groups is 1. The largest absolute Gasteiger partial charge is 0.508 e. The van der Waals surface area contributed by atoms with Gasteiger partial charge in [0.25, 0.3) is 0 Å². The number of carbonyl (C=O) groups is 1. The number of phenolic OH excluding ortho intramolecular Hbond substituents is 1. The summed E-state index contributed by atoms with van der Waals surface area (Å²) in [4.78, 5) is 14.0. The Kier molecular flexibility index (Phi) is 8.66. The van der Waals surface area contributed by atoms with Gasteiger partial charge in [0.15, 0.2) is 0 Å². The molecule has 0 saturated carbocycles. The minimum absolute atomic E-state index is 0.00538. The first-order chi connectivity index (χ1) is 15.5. The predicted molar refractivity (Wildman–Crippen MR) is 126 cm³/mol. The topological polar surface area (TPSA) is 101 Å². The van der Waals surface area contributed by atoms with E-state index in [1.54, 1.807) is 36.0 Å². The Bertz CT molecular complexity index is 1010. The third-order valence-electron chi connectivity index (χ3n) is 4.55. The average molecular weight is 457 g/mol. The lowest BCUT2D eigenvalue weighted by Gasteiger charge is -2.13. The van der Waals surface area contributed by atoms with Gasteiger partial charge in [0, 0.05) is 23.4 Å². The van der Waals surface area contributed by atoms with Crippen LogP contribution in [0.5, 0.6) is 5.75 Å². The minimum atomic E-state index is -0.256. The van der Waals surface area contributed by atoms with Crippen LogP contribution in [0.1, 0.15) is 23.6 Å². The number of hydrogen-bond donors (Lipinski definition) is 2. The van der Waals surface area contributed by atoms with E-state index in [-0.39, 0.29) is 23.5 Å². The number of rotatable bonds is 11. The molecule has 2 N–H and O–H groups in total. The summed E-state index contributed by atoms with van der Waals surface area (Å²) >= 11 is 1.61. The van der Waals surface area contributed by atoms with Gasteiger partial charge in [0.2, 0.25) is 17.7 Å². The molecule has 0 aliphatic carbocycles.